The first-order valence-electron chi connectivity index (χ1n) is 3.38. The molecule has 1 aliphatic heterocycles. The molecule has 0 saturated carbocycles. The Hall–Kier alpha value is -2.11. The van der Waals surface area contributed by atoms with Gasteiger partial charge in [0.05, 0.1) is 0 Å². The topological polar surface area (TPSA) is 40.6 Å². The molecule has 1 aliphatic rings. The lowest BCUT2D eigenvalue weighted by Crippen LogP contribution is -2.52. The number of carbonyl (C=O) groups excluding carboxylic acids is 2. The maximum atomic E-state index is 11.3. The van der Waals surface area contributed by atoms with Crippen molar-refractivity contribution >= 4 is 29.1 Å². The fraction of sp³-hybridized carbons (Fsp3) is 0. The third-order valence-corrected chi connectivity index (χ3v) is 1.93. The largest absolute Gasteiger partial charge is 0.276 e. The standard InChI is InChI=1S/C9H4N2O2S/c1-4-10-7(12)6(3)8(13)11(5-2)9(10)14/h1-2H,3H2. The lowest BCUT2D eigenvalue weighted by Gasteiger charge is -2.28. The van der Waals surface area contributed by atoms with Gasteiger partial charge in [0.15, 0.2) is 0 Å². The number of hydrogen-bond donors (Lipinski definition) is 0. The lowest BCUT2D eigenvalue weighted by atomic mass is 10.2. The van der Waals surface area contributed by atoms with Gasteiger partial charge in [-0.2, -0.15) is 0 Å². The minimum absolute atomic E-state index is 0.197. The minimum Gasteiger partial charge on any atom is -0.267 e. The van der Waals surface area contributed by atoms with Gasteiger partial charge in [0, 0.05) is 12.1 Å². The average molecular weight is 204 g/mol. The Morgan fingerprint density at radius 2 is 1.50 bits per heavy atom. The zero-order valence-corrected chi connectivity index (χ0v) is 7.80. The molecule has 68 valence electrons. The predicted octanol–water partition coefficient (Wildman–Crippen LogP) is -0.320. The molecule has 0 spiro atoms. The van der Waals surface area contributed by atoms with E-state index in [-0.39, 0.29) is 10.7 Å². The fourth-order valence-electron chi connectivity index (χ4n) is 0.863. The van der Waals surface area contributed by atoms with Crippen molar-refractivity contribution < 1.29 is 9.59 Å². The predicted molar refractivity (Wildman–Crippen MR) is 53.1 cm³/mol. The van der Waals surface area contributed by atoms with Gasteiger partial charge in [0.2, 0.25) is 5.11 Å². The van der Waals surface area contributed by atoms with Gasteiger partial charge in [-0.25, -0.2) is 9.80 Å². The smallest absolute Gasteiger partial charge is 0.267 e. The maximum Gasteiger partial charge on any atom is 0.276 e. The normalized spacial score (nSPS) is 16.7. The van der Waals surface area contributed by atoms with E-state index in [9.17, 15) is 9.59 Å². The average Bonchev–Trinajstić information content (AvgIpc) is 2.16. The van der Waals surface area contributed by atoms with Crippen LogP contribution in [0.5, 0.6) is 0 Å². The summed E-state index contributed by atoms with van der Waals surface area (Å²) in [4.78, 5) is 24.2. The minimum atomic E-state index is -0.714. The zero-order chi connectivity index (χ0) is 10.9. The van der Waals surface area contributed by atoms with Gasteiger partial charge in [-0.15, -0.1) is 0 Å². The number of nitrogens with zero attached hydrogens (tertiary/aromatic N) is 2. The van der Waals surface area contributed by atoms with Crippen LogP contribution in [0, 0.1) is 24.9 Å². The van der Waals surface area contributed by atoms with Crippen LogP contribution in [0.25, 0.3) is 0 Å². The van der Waals surface area contributed by atoms with Gasteiger partial charge in [0.1, 0.15) is 5.57 Å². The third-order valence-electron chi connectivity index (χ3n) is 1.56. The molecule has 0 atom stereocenters. The molecule has 0 bridgehead atoms. The Bertz CT molecular complexity index is 401. The number of hydrogen-bond acceptors (Lipinski definition) is 3. The number of amides is 2. The molecule has 0 aromatic rings. The van der Waals surface area contributed by atoms with Gasteiger partial charge in [-0.3, -0.25) is 9.59 Å². The van der Waals surface area contributed by atoms with E-state index >= 15 is 0 Å². The summed E-state index contributed by atoms with van der Waals surface area (Å²) in [5.74, 6) is -1.43. The Morgan fingerprint density at radius 1 is 1.14 bits per heavy atom. The molecule has 1 rings (SSSR count). The monoisotopic (exact) mass is 204 g/mol. The van der Waals surface area contributed by atoms with Crippen LogP contribution in [0.3, 0.4) is 0 Å². The first-order chi connectivity index (χ1) is 6.54. The molecule has 1 heterocycles. The van der Waals surface area contributed by atoms with Crippen molar-refractivity contribution in [2.75, 3.05) is 0 Å². The number of thiocarbonyl (C=S) groups is 1. The van der Waals surface area contributed by atoms with Crippen LogP contribution in [0.15, 0.2) is 12.2 Å². The molecule has 5 heteroatoms. The Balaban J connectivity index is 3.23. The molecule has 14 heavy (non-hydrogen) atoms. The van der Waals surface area contributed by atoms with Crippen LogP contribution in [0.4, 0.5) is 0 Å². The second-order valence-electron chi connectivity index (χ2n) is 2.30. The molecule has 4 nitrogen and oxygen atoms in total. The lowest BCUT2D eigenvalue weighted by molar-refractivity contribution is -0.130. The van der Waals surface area contributed by atoms with Crippen molar-refractivity contribution in [1.82, 2.24) is 9.80 Å². The highest BCUT2D eigenvalue weighted by Gasteiger charge is 2.37. The first-order valence-corrected chi connectivity index (χ1v) is 3.79. The Morgan fingerprint density at radius 3 is 1.79 bits per heavy atom. The fourth-order valence-corrected chi connectivity index (χ4v) is 1.13. The second-order valence-corrected chi connectivity index (χ2v) is 2.67. The van der Waals surface area contributed by atoms with Crippen LogP contribution < -0.4 is 0 Å². The molecule has 0 unspecified atom stereocenters. The summed E-state index contributed by atoms with van der Waals surface area (Å²) in [7, 11) is 0. The second kappa shape index (κ2) is 3.33. The van der Waals surface area contributed by atoms with Gasteiger partial charge >= 0.3 is 0 Å². The molecular formula is C9H4N2O2S. The maximum absolute atomic E-state index is 11.3. The van der Waals surface area contributed by atoms with Gasteiger partial charge in [-0.1, -0.05) is 19.4 Å². The first kappa shape index (κ1) is 9.97. The van der Waals surface area contributed by atoms with E-state index in [0.29, 0.717) is 0 Å². The highest BCUT2D eigenvalue weighted by Crippen LogP contribution is 2.14. The number of carbonyl (C=O) groups is 2. The molecule has 1 saturated heterocycles. The SMILES string of the molecule is C#CN1C(=O)C(=C)C(=O)N(C#C)C1=S. The summed E-state index contributed by atoms with van der Waals surface area (Å²) in [6.07, 6.45) is 10.1. The molecule has 1 fully saturated rings. The van der Waals surface area contributed by atoms with Crippen LogP contribution in [-0.4, -0.2) is 26.7 Å². The third kappa shape index (κ3) is 1.17. The van der Waals surface area contributed by atoms with E-state index in [2.05, 4.69) is 6.58 Å². The van der Waals surface area contributed by atoms with Crippen LogP contribution >= 0.6 is 12.2 Å². The highest BCUT2D eigenvalue weighted by atomic mass is 32.1. The summed E-state index contributed by atoms with van der Waals surface area (Å²) >= 11 is 4.74. The van der Waals surface area contributed by atoms with Crippen LogP contribution in [0.2, 0.25) is 0 Å². The molecule has 2 amide bonds. The number of rotatable bonds is 0. The van der Waals surface area contributed by atoms with Crippen LogP contribution in [-0.2, 0) is 9.59 Å². The van der Waals surface area contributed by atoms with E-state index in [1.807, 2.05) is 12.1 Å². The van der Waals surface area contributed by atoms with Crippen molar-refractivity contribution in [2.24, 2.45) is 0 Å². The molecule has 0 radical (unpaired) electrons. The van der Waals surface area contributed by atoms with Crippen molar-refractivity contribution in [3.8, 4) is 24.9 Å². The molecule has 0 aliphatic carbocycles. The summed E-state index contributed by atoms with van der Waals surface area (Å²) in [6.45, 7) is 3.27. The molecule has 0 N–H and O–H groups in total. The summed E-state index contributed by atoms with van der Waals surface area (Å²) in [5, 5.41) is -0.197. The van der Waals surface area contributed by atoms with E-state index in [4.69, 9.17) is 25.1 Å². The molecule has 0 aromatic carbocycles. The molecular weight excluding hydrogens is 200 g/mol. The van der Waals surface area contributed by atoms with Crippen molar-refractivity contribution in [3.05, 3.63) is 12.2 Å². The van der Waals surface area contributed by atoms with Crippen LogP contribution in [0.1, 0.15) is 0 Å². The number of terminal acetylenes is 2. The van der Waals surface area contributed by atoms with E-state index in [1.54, 1.807) is 0 Å². The van der Waals surface area contributed by atoms with Gasteiger partial charge in [-0.05, 0) is 12.2 Å². The van der Waals surface area contributed by atoms with Crippen molar-refractivity contribution in [3.63, 3.8) is 0 Å². The van der Waals surface area contributed by atoms with Gasteiger partial charge in [0.25, 0.3) is 11.8 Å². The van der Waals surface area contributed by atoms with Crippen molar-refractivity contribution in [2.45, 2.75) is 0 Å². The summed E-state index contributed by atoms with van der Waals surface area (Å²) < 4.78 is 0. The highest BCUT2D eigenvalue weighted by molar-refractivity contribution is 7.80. The van der Waals surface area contributed by atoms with E-state index < -0.39 is 11.8 Å². The summed E-state index contributed by atoms with van der Waals surface area (Å²) in [5.41, 5.74) is -0.297. The Labute approximate surface area is 86.2 Å². The van der Waals surface area contributed by atoms with Crippen molar-refractivity contribution in [1.29, 1.82) is 0 Å². The molecule has 0 aromatic heterocycles. The summed E-state index contributed by atoms with van der Waals surface area (Å²) in [6, 6.07) is 4.02. The zero-order valence-electron chi connectivity index (χ0n) is 6.98. The quantitative estimate of drug-likeness (QED) is 0.235. The van der Waals surface area contributed by atoms with E-state index in [1.165, 1.54) is 0 Å². The Kier molecular flexibility index (Phi) is 2.37. The van der Waals surface area contributed by atoms with E-state index in [0.717, 1.165) is 9.80 Å². The van der Waals surface area contributed by atoms with Gasteiger partial charge < -0.3 is 0 Å².